The second-order valence-electron chi connectivity index (χ2n) is 3.75. The average Bonchev–Trinajstić information content (AvgIpc) is 2.40. The van der Waals surface area contributed by atoms with E-state index < -0.39 is 22.2 Å². The third kappa shape index (κ3) is 2.61. The minimum absolute atomic E-state index is 0.0521. The number of aldehydes is 1. The number of para-hydroxylation sites is 1. The monoisotopic (exact) mass is 279 g/mol. The molecule has 0 aliphatic rings. The maximum absolute atomic E-state index is 13.5. The van der Waals surface area contributed by atoms with E-state index in [1.54, 1.807) is 0 Å². The van der Waals surface area contributed by atoms with Gasteiger partial charge in [0.05, 0.1) is 10.5 Å². The molecule has 2 aromatic rings. The van der Waals surface area contributed by atoms with Gasteiger partial charge < -0.3 is 4.74 Å². The summed E-state index contributed by atoms with van der Waals surface area (Å²) in [4.78, 5) is 20.3. The molecule has 0 amide bonds. The van der Waals surface area contributed by atoms with E-state index >= 15 is 0 Å². The Morgan fingerprint density at radius 2 is 1.90 bits per heavy atom. The normalized spacial score (nSPS) is 10.1. The molecule has 0 unspecified atom stereocenters. The minimum Gasteiger partial charge on any atom is -0.453 e. The van der Waals surface area contributed by atoms with Gasteiger partial charge in [0, 0.05) is 12.1 Å². The highest BCUT2D eigenvalue weighted by Gasteiger charge is 2.16. The zero-order valence-electron chi connectivity index (χ0n) is 9.88. The number of hydrogen-bond acceptors (Lipinski definition) is 4. The number of rotatable bonds is 4. The van der Waals surface area contributed by atoms with Crippen molar-refractivity contribution in [2.75, 3.05) is 0 Å². The number of benzene rings is 2. The molecule has 0 radical (unpaired) electrons. The van der Waals surface area contributed by atoms with Crippen molar-refractivity contribution < 1.29 is 23.2 Å². The molecule has 0 saturated carbocycles. The molecule has 0 aliphatic heterocycles. The number of halogens is 2. The van der Waals surface area contributed by atoms with Crippen molar-refractivity contribution in [2.24, 2.45) is 0 Å². The van der Waals surface area contributed by atoms with E-state index in [2.05, 4.69) is 0 Å². The van der Waals surface area contributed by atoms with Gasteiger partial charge in [0.2, 0.25) is 5.82 Å². The molecule has 0 aromatic heterocycles. The Balaban J connectivity index is 2.38. The first-order chi connectivity index (χ1) is 9.52. The quantitative estimate of drug-likeness (QED) is 0.488. The van der Waals surface area contributed by atoms with Gasteiger partial charge in [-0.25, -0.2) is 4.39 Å². The first-order valence-electron chi connectivity index (χ1n) is 5.38. The molecule has 0 bridgehead atoms. The molecule has 0 N–H and O–H groups in total. The first-order valence-corrected chi connectivity index (χ1v) is 5.38. The molecule has 2 rings (SSSR count). The Hall–Kier alpha value is -2.83. The molecule has 0 atom stereocenters. The summed E-state index contributed by atoms with van der Waals surface area (Å²) >= 11 is 0. The third-order valence-corrected chi connectivity index (χ3v) is 2.46. The molecule has 7 heteroatoms. The van der Waals surface area contributed by atoms with Gasteiger partial charge in [-0.3, -0.25) is 14.9 Å². The molecule has 20 heavy (non-hydrogen) atoms. The number of nitro groups is 1. The van der Waals surface area contributed by atoms with Crippen molar-refractivity contribution >= 4 is 12.0 Å². The highest BCUT2D eigenvalue weighted by Crippen LogP contribution is 2.30. The number of ether oxygens (including phenoxy) is 1. The van der Waals surface area contributed by atoms with E-state index in [0.29, 0.717) is 6.29 Å². The van der Waals surface area contributed by atoms with Gasteiger partial charge in [0.1, 0.15) is 5.75 Å². The molecule has 0 spiro atoms. The Bertz CT molecular complexity index is 688. The standard InChI is InChI=1S/C13H7F2NO4/c14-10-3-1-2-8(7-17)13(10)20-9-4-5-12(16(18)19)11(15)6-9/h1-7H. The highest BCUT2D eigenvalue weighted by molar-refractivity contribution is 5.79. The number of nitrogens with zero attached hydrogens (tertiary/aromatic N) is 1. The second kappa shape index (κ2) is 5.43. The van der Waals surface area contributed by atoms with Crippen LogP contribution in [0, 0.1) is 21.7 Å². The number of carbonyl (C=O) groups is 1. The van der Waals surface area contributed by atoms with Crippen LogP contribution in [0.15, 0.2) is 36.4 Å². The molecule has 102 valence electrons. The molecular formula is C13H7F2NO4. The number of hydrogen-bond donors (Lipinski definition) is 0. The number of carbonyl (C=O) groups excluding carboxylic acids is 1. The largest absolute Gasteiger partial charge is 0.453 e. The molecule has 0 fully saturated rings. The summed E-state index contributed by atoms with van der Waals surface area (Å²) in [6.45, 7) is 0. The zero-order valence-corrected chi connectivity index (χ0v) is 9.88. The minimum atomic E-state index is -1.11. The number of nitro benzene ring substituents is 1. The molecule has 0 heterocycles. The summed E-state index contributed by atoms with van der Waals surface area (Å²) in [6, 6.07) is 6.48. The Morgan fingerprint density at radius 1 is 1.15 bits per heavy atom. The predicted octanol–water partition coefficient (Wildman–Crippen LogP) is 3.48. The van der Waals surface area contributed by atoms with E-state index in [9.17, 15) is 23.7 Å². The van der Waals surface area contributed by atoms with Gasteiger partial charge in [0.15, 0.2) is 17.9 Å². The van der Waals surface area contributed by atoms with Crippen molar-refractivity contribution in [3.05, 3.63) is 63.7 Å². The van der Waals surface area contributed by atoms with Crippen LogP contribution in [0.1, 0.15) is 10.4 Å². The molecule has 5 nitrogen and oxygen atoms in total. The first kappa shape index (κ1) is 13.6. The summed E-state index contributed by atoms with van der Waals surface area (Å²) in [6.07, 6.45) is 0.389. The van der Waals surface area contributed by atoms with Crippen molar-refractivity contribution in [2.45, 2.75) is 0 Å². The van der Waals surface area contributed by atoms with Crippen molar-refractivity contribution in [1.29, 1.82) is 0 Å². The Kier molecular flexibility index (Phi) is 3.69. The van der Waals surface area contributed by atoms with Crippen LogP contribution in [0.3, 0.4) is 0 Å². The van der Waals surface area contributed by atoms with Gasteiger partial charge in [-0.05, 0) is 18.2 Å². The van der Waals surface area contributed by atoms with Crippen LogP contribution in [0.5, 0.6) is 11.5 Å². The van der Waals surface area contributed by atoms with Crippen LogP contribution in [0.2, 0.25) is 0 Å². The van der Waals surface area contributed by atoms with Gasteiger partial charge >= 0.3 is 5.69 Å². The summed E-state index contributed by atoms with van der Waals surface area (Å²) in [7, 11) is 0. The molecular weight excluding hydrogens is 272 g/mol. The van der Waals surface area contributed by atoms with Crippen LogP contribution in [0.25, 0.3) is 0 Å². The lowest BCUT2D eigenvalue weighted by Gasteiger charge is -2.08. The molecule has 2 aromatic carbocycles. The van der Waals surface area contributed by atoms with Crippen molar-refractivity contribution in [1.82, 2.24) is 0 Å². The smallest absolute Gasteiger partial charge is 0.305 e. The fourth-order valence-corrected chi connectivity index (χ4v) is 1.54. The second-order valence-corrected chi connectivity index (χ2v) is 3.75. The summed E-state index contributed by atoms with van der Waals surface area (Å²) in [5.74, 6) is -2.43. The molecule has 0 saturated heterocycles. The van der Waals surface area contributed by atoms with E-state index in [0.717, 1.165) is 24.3 Å². The maximum atomic E-state index is 13.5. The highest BCUT2D eigenvalue weighted by atomic mass is 19.1. The van der Waals surface area contributed by atoms with Crippen molar-refractivity contribution in [3.63, 3.8) is 0 Å². The van der Waals surface area contributed by atoms with Crippen LogP contribution >= 0.6 is 0 Å². The fourth-order valence-electron chi connectivity index (χ4n) is 1.54. The van der Waals surface area contributed by atoms with Gasteiger partial charge in [-0.1, -0.05) is 6.07 Å². The third-order valence-electron chi connectivity index (χ3n) is 2.46. The lowest BCUT2D eigenvalue weighted by Crippen LogP contribution is -1.96. The van der Waals surface area contributed by atoms with Crippen LogP contribution < -0.4 is 4.74 Å². The Labute approximate surface area is 111 Å². The van der Waals surface area contributed by atoms with Crippen LogP contribution in [-0.4, -0.2) is 11.2 Å². The lowest BCUT2D eigenvalue weighted by molar-refractivity contribution is -0.387. The topological polar surface area (TPSA) is 69.4 Å². The SMILES string of the molecule is O=Cc1cccc(F)c1Oc1ccc([N+](=O)[O-])c(F)c1. The van der Waals surface area contributed by atoms with Gasteiger partial charge in [-0.15, -0.1) is 0 Å². The van der Waals surface area contributed by atoms with E-state index in [4.69, 9.17) is 4.74 Å². The zero-order chi connectivity index (χ0) is 14.7. The fraction of sp³-hybridized carbons (Fsp3) is 0. The van der Waals surface area contributed by atoms with E-state index in [1.807, 2.05) is 0 Å². The summed E-state index contributed by atoms with van der Waals surface area (Å²) in [5, 5.41) is 10.5. The lowest BCUT2D eigenvalue weighted by atomic mass is 10.2. The van der Waals surface area contributed by atoms with Gasteiger partial charge in [-0.2, -0.15) is 4.39 Å². The predicted molar refractivity (Wildman–Crippen MR) is 64.9 cm³/mol. The summed E-state index contributed by atoms with van der Waals surface area (Å²) < 4.78 is 32.0. The average molecular weight is 279 g/mol. The van der Waals surface area contributed by atoms with Gasteiger partial charge in [0.25, 0.3) is 0 Å². The summed E-state index contributed by atoms with van der Waals surface area (Å²) in [5.41, 5.74) is -0.773. The van der Waals surface area contributed by atoms with E-state index in [-0.39, 0.29) is 17.1 Å². The molecule has 0 aliphatic carbocycles. The maximum Gasteiger partial charge on any atom is 0.305 e. The Morgan fingerprint density at radius 3 is 2.50 bits per heavy atom. The van der Waals surface area contributed by atoms with Crippen molar-refractivity contribution in [3.8, 4) is 11.5 Å². The van der Waals surface area contributed by atoms with Crippen LogP contribution in [-0.2, 0) is 0 Å². The van der Waals surface area contributed by atoms with Crippen LogP contribution in [0.4, 0.5) is 14.5 Å². The van der Waals surface area contributed by atoms with E-state index in [1.165, 1.54) is 12.1 Å².